The molecule has 1 heterocycles. The van der Waals surface area contributed by atoms with Crippen LogP contribution in [-0.4, -0.2) is 11.7 Å². The van der Waals surface area contributed by atoms with Crippen molar-refractivity contribution in [2.75, 3.05) is 0 Å². The van der Waals surface area contributed by atoms with Gasteiger partial charge in [0.1, 0.15) is 0 Å². The Bertz CT molecular complexity index is 787. The third-order valence-corrected chi connectivity index (χ3v) is 14.5. The molecule has 5 aliphatic carbocycles. The van der Waals surface area contributed by atoms with Crippen molar-refractivity contribution >= 4 is 0 Å². The van der Waals surface area contributed by atoms with E-state index in [4.69, 9.17) is 4.74 Å². The molecular weight excluding hydrogens is 376 g/mol. The molecule has 0 aromatic carbocycles. The predicted molar refractivity (Wildman–Crippen MR) is 129 cm³/mol. The summed E-state index contributed by atoms with van der Waals surface area (Å²) >= 11 is 0. The SMILES string of the molecule is CC(C)[C@@H]1CC[C@@H]2[C@]1(C)CC[C@]1(C)[C@H]3CC[C@@]4(C)[C@@H](CC[C@H]5O[C@]54C)[C@]3(C)CC[C@]21C. The van der Waals surface area contributed by atoms with Crippen LogP contribution < -0.4 is 0 Å². The third kappa shape index (κ3) is 2.21. The molecule has 0 amide bonds. The summed E-state index contributed by atoms with van der Waals surface area (Å²) in [6.45, 7) is 21.2. The first-order valence-corrected chi connectivity index (χ1v) is 14.0. The number of hydrogen-bond donors (Lipinski definition) is 0. The first-order chi connectivity index (χ1) is 14.4. The molecule has 1 aliphatic heterocycles. The molecule has 0 aromatic heterocycles. The summed E-state index contributed by atoms with van der Waals surface area (Å²) in [6, 6.07) is 0. The molecule has 1 heteroatoms. The lowest BCUT2D eigenvalue weighted by Crippen LogP contribution is -2.67. The van der Waals surface area contributed by atoms with Gasteiger partial charge >= 0.3 is 0 Å². The molecule has 6 fully saturated rings. The standard InChI is InChI=1S/C30H50O/c1-19(2)20-9-10-21-25(20,3)15-17-28(6)23-13-14-29(7)22(11-12-24-30(29,8)31-24)26(23,4)16-18-27(21,28)5/h19-24H,9-18H2,1-8H3/t20-,21+,22-,23-,24+,25+,26-,27+,28+,29-,30+/m0/s1. The first kappa shape index (κ1) is 21.5. The van der Waals surface area contributed by atoms with Gasteiger partial charge in [-0.3, -0.25) is 0 Å². The molecule has 1 nitrogen and oxygen atoms in total. The molecule has 1 saturated heterocycles. The molecule has 0 spiro atoms. The molecule has 0 aromatic rings. The summed E-state index contributed by atoms with van der Waals surface area (Å²) in [4.78, 5) is 0. The van der Waals surface area contributed by atoms with Crippen LogP contribution in [0.2, 0.25) is 0 Å². The number of hydrogen-bond acceptors (Lipinski definition) is 1. The molecule has 6 rings (SSSR count). The van der Waals surface area contributed by atoms with Crippen molar-refractivity contribution in [1.82, 2.24) is 0 Å². The Morgan fingerprint density at radius 1 is 0.581 bits per heavy atom. The van der Waals surface area contributed by atoms with Gasteiger partial charge in [0.2, 0.25) is 0 Å². The van der Waals surface area contributed by atoms with E-state index in [1.165, 1.54) is 64.2 Å². The highest BCUT2D eigenvalue weighted by atomic mass is 16.6. The lowest BCUT2D eigenvalue weighted by Gasteiger charge is -2.73. The number of fused-ring (bicyclic) bond motifs is 9. The number of rotatable bonds is 1. The van der Waals surface area contributed by atoms with E-state index in [1.54, 1.807) is 0 Å². The molecule has 5 saturated carbocycles. The highest BCUT2D eigenvalue weighted by Gasteiger charge is 2.76. The smallest absolute Gasteiger partial charge is 0.0976 e. The van der Waals surface area contributed by atoms with Crippen molar-refractivity contribution in [2.45, 2.75) is 131 Å². The summed E-state index contributed by atoms with van der Waals surface area (Å²) in [7, 11) is 0. The highest BCUT2D eigenvalue weighted by molar-refractivity contribution is 5.24. The van der Waals surface area contributed by atoms with Gasteiger partial charge in [-0.1, -0.05) is 48.5 Å². The minimum atomic E-state index is 0.187. The Labute approximate surface area is 192 Å². The van der Waals surface area contributed by atoms with E-state index >= 15 is 0 Å². The third-order valence-electron chi connectivity index (χ3n) is 14.5. The molecule has 0 radical (unpaired) electrons. The van der Waals surface area contributed by atoms with Crippen molar-refractivity contribution in [3.8, 4) is 0 Å². The predicted octanol–water partition coefficient (Wildman–Crippen LogP) is 8.27. The zero-order valence-corrected chi connectivity index (χ0v) is 21.9. The largest absolute Gasteiger partial charge is 0.366 e. The fourth-order valence-electron chi connectivity index (χ4n) is 12.5. The molecule has 0 unspecified atom stereocenters. The molecule has 0 N–H and O–H groups in total. The van der Waals surface area contributed by atoms with Gasteiger partial charge in [0.05, 0.1) is 11.7 Å². The van der Waals surface area contributed by atoms with Gasteiger partial charge in [0.25, 0.3) is 0 Å². The van der Waals surface area contributed by atoms with Crippen LogP contribution in [-0.2, 0) is 4.74 Å². The lowest BCUT2D eigenvalue weighted by molar-refractivity contribution is -0.245. The number of epoxide rings is 1. The first-order valence-electron chi connectivity index (χ1n) is 14.0. The summed E-state index contributed by atoms with van der Waals surface area (Å²) in [5.41, 5.74) is 2.77. The topological polar surface area (TPSA) is 12.5 Å². The van der Waals surface area contributed by atoms with Crippen molar-refractivity contribution in [1.29, 1.82) is 0 Å². The Hall–Kier alpha value is -0.0400. The Morgan fingerprint density at radius 2 is 1.13 bits per heavy atom. The fraction of sp³-hybridized carbons (Fsp3) is 1.00. The van der Waals surface area contributed by atoms with Crippen molar-refractivity contribution in [2.24, 2.45) is 56.7 Å². The summed E-state index contributed by atoms with van der Waals surface area (Å²) < 4.78 is 6.42. The van der Waals surface area contributed by atoms with Crippen LogP contribution in [0.3, 0.4) is 0 Å². The second-order valence-electron chi connectivity index (χ2n) is 15.2. The molecule has 0 bridgehead atoms. The summed E-state index contributed by atoms with van der Waals surface area (Å²) in [6.07, 6.45) is 15.1. The molecule has 31 heavy (non-hydrogen) atoms. The number of ether oxygens (including phenoxy) is 1. The van der Waals surface area contributed by atoms with Gasteiger partial charge in [-0.15, -0.1) is 0 Å². The van der Waals surface area contributed by atoms with E-state index in [1.807, 2.05) is 0 Å². The van der Waals surface area contributed by atoms with Crippen LogP contribution in [0.5, 0.6) is 0 Å². The highest BCUT2D eigenvalue weighted by Crippen LogP contribution is 2.80. The lowest BCUT2D eigenvalue weighted by atomic mass is 9.31. The van der Waals surface area contributed by atoms with Gasteiger partial charge in [0.15, 0.2) is 0 Å². The maximum absolute atomic E-state index is 6.42. The van der Waals surface area contributed by atoms with Gasteiger partial charge in [-0.25, -0.2) is 0 Å². The average molecular weight is 427 g/mol. The molecular formula is C30H50O. The monoisotopic (exact) mass is 426 g/mol. The van der Waals surface area contributed by atoms with Crippen molar-refractivity contribution in [3.63, 3.8) is 0 Å². The van der Waals surface area contributed by atoms with Crippen molar-refractivity contribution < 1.29 is 4.74 Å². The maximum Gasteiger partial charge on any atom is 0.0976 e. The van der Waals surface area contributed by atoms with Crippen LogP contribution in [0.25, 0.3) is 0 Å². The van der Waals surface area contributed by atoms with E-state index in [-0.39, 0.29) is 5.60 Å². The maximum atomic E-state index is 6.42. The van der Waals surface area contributed by atoms with Gasteiger partial charge in [-0.05, 0) is 122 Å². The van der Waals surface area contributed by atoms with E-state index in [0.29, 0.717) is 33.2 Å². The van der Waals surface area contributed by atoms with E-state index < -0.39 is 0 Å². The quantitative estimate of drug-likeness (QED) is 0.384. The second kappa shape index (κ2) is 5.95. The van der Waals surface area contributed by atoms with E-state index in [2.05, 4.69) is 55.4 Å². The summed E-state index contributed by atoms with van der Waals surface area (Å²) in [5.74, 6) is 4.53. The molecule has 176 valence electrons. The normalized spacial score (nSPS) is 64.7. The van der Waals surface area contributed by atoms with Crippen LogP contribution in [0.1, 0.15) is 120 Å². The van der Waals surface area contributed by atoms with E-state index in [9.17, 15) is 0 Å². The van der Waals surface area contributed by atoms with Gasteiger partial charge < -0.3 is 4.74 Å². The van der Waals surface area contributed by atoms with Crippen LogP contribution >= 0.6 is 0 Å². The Morgan fingerprint density at radius 3 is 1.77 bits per heavy atom. The Kier molecular flexibility index (Phi) is 4.13. The molecule has 11 atom stereocenters. The van der Waals surface area contributed by atoms with Gasteiger partial charge in [0, 0.05) is 5.41 Å². The van der Waals surface area contributed by atoms with Gasteiger partial charge in [-0.2, -0.15) is 0 Å². The second-order valence-corrected chi connectivity index (χ2v) is 15.2. The van der Waals surface area contributed by atoms with Crippen LogP contribution in [0, 0.1) is 56.7 Å². The minimum absolute atomic E-state index is 0.187. The van der Waals surface area contributed by atoms with Crippen molar-refractivity contribution in [3.05, 3.63) is 0 Å². The fourth-order valence-corrected chi connectivity index (χ4v) is 12.5. The molecule has 6 aliphatic rings. The zero-order chi connectivity index (χ0) is 22.2. The van der Waals surface area contributed by atoms with Crippen LogP contribution in [0.4, 0.5) is 0 Å². The van der Waals surface area contributed by atoms with Crippen LogP contribution in [0.15, 0.2) is 0 Å². The minimum Gasteiger partial charge on any atom is -0.366 e. The van der Waals surface area contributed by atoms with E-state index in [0.717, 1.165) is 29.6 Å². The summed E-state index contributed by atoms with van der Waals surface area (Å²) in [5, 5.41) is 0. The zero-order valence-electron chi connectivity index (χ0n) is 21.9. The average Bonchev–Trinajstić information content (AvgIpc) is 3.25. The Balaban J connectivity index is 1.38.